The second-order valence-electron chi connectivity index (χ2n) is 8.47. The summed E-state index contributed by atoms with van der Waals surface area (Å²) in [5.74, 6) is -0.554. The lowest BCUT2D eigenvalue weighted by molar-refractivity contribution is 0.0933. The molecule has 0 radical (unpaired) electrons. The maximum Gasteiger partial charge on any atom is 0.257 e. The van der Waals surface area contributed by atoms with Crippen molar-refractivity contribution in [1.29, 1.82) is 0 Å². The molecule has 3 heterocycles. The average molecular weight is 474 g/mol. The van der Waals surface area contributed by atoms with E-state index >= 15 is 0 Å². The van der Waals surface area contributed by atoms with Crippen LogP contribution in [-0.4, -0.2) is 26.2 Å². The van der Waals surface area contributed by atoms with E-state index in [0.29, 0.717) is 5.76 Å². The maximum absolute atomic E-state index is 13.1. The van der Waals surface area contributed by atoms with Crippen LogP contribution in [0.4, 0.5) is 0 Å². The predicted octanol–water partition coefficient (Wildman–Crippen LogP) is 3.63. The average Bonchev–Trinajstić information content (AvgIpc) is 3.57. The number of carbonyl (C=O) groups excluding carboxylic acids is 2. The van der Waals surface area contributed by atoms with Gasteiger partial charge in [0.05, 0.1) is 18.0 Å². The van der Waals surface area contributed by atoms with Crippen molar-refractivity contribution in [3.05, 3.63) is 106 Å². The summed E-state index contributed by atoms with van der Waals surface area (Å²) in [5.41, 5.74) is 0.933. The zero-order valence-electron chi connectivity index (χ0n) is 19.8. The summed E-state index contributed by atoms with van der Waals surface area (Å²) in [6, 6.07) is 12.3. The summed E-state index contributed by atoms with van der Waals surface area (Å²) in [4.78, 5) is 39.0. The molecule has 4 rings (SSSR count). The smallest absolute Gasteiger partial charge is 0.257 e. The summed E-state index contributed by atoms with van der Waals surface area (Å²) < 4.78 is 8.74. The van der Waals surface area contributed by atoms with Crippen LogP contribution in [0.2, 0.25) is 0 Å². The van der Waals surface area contributed by atoms with Crippen LogP contribution in [0.25, 0.3) is 5.69 Å². The van der Waals surface area contributed by atoms with E-state index in [1.807, 2.05) is 50.4 Å². The van der Waals surface area contributed by atoms with Gasteiger partial charge in [-0.25, -0.2) is 4.68 Å². The Morgan fingerprint density at radius 2 is 1.71 bits per heavy atom. The van der Waals surface area contributed by atoms with Crippen LogP contribution in [0, 0.1) is 0 Å². The number of aromatic nitrogens is 3. The summed E-state index contributed by atoms with van der Waals surface area (Å²) >= 11 is 0. The summed E-state index contributed by atoms with van der Waals surface area (Å²) in [6.45, 7) is 5.79. The normalized spacial score (nSPS) is 11.9. The Morgan fingerprint density at radius 3 is 2.31 bits per heavy atom. The molecule has 1 unspecified atom stereocenters. The van der Waals surface area contributed by atoms with E-state index in [4.69, 9.17) is 4.42 Å². The molecule has 35 heavy (non-hydrogen) atoms. The van der Waals surface area contributed by atoms with Crippen molar-refractivity contribution in [2.45, 2.75) is 39.4 Å². The number of rotatable bonds is 8. The molecule has 9 heteroatoms. The number of pyridine rings is 1. The van der Waals surface area contributed by atoms with Crippen LogP contribution in [0.5, 0.6) is 0 Å². The predicted molar refractivity (Wildman–Crippen MR) is 130 cm³/mol. The molecule has 0 saturated carbocycles. The van der Waals surface area contributed by atoms with E-state index in [0.717, 1.165) is 11.3 Å². The zero-order chi connectivity index (χ0) is 24.9. The summed E-state index contributed by atoms with van der Waals surface area (Å²) in [7, 11) is 0. The first-order chi connectivity index (χ1) is 16.8. The Hall–Kier alpha value is -4.40. The number of carbonyl (C=O) groups is 2. The van der Waals surface area contributed by atoms with E-state index in [1.54, 1.807) is 34.5 Å². The lowest BCUT2D eigenvalue weighted by atomic mass is 10.1. The molecule has 1 aromatic carbocycles. The highest BCUT2D eigenvalue weighted by Gasteiger charge is 2.22. The fraction of sp³-hybridized carbons (Fsp3) is 0.231. The van der Waals surface area contributed by atoms with Crippen LogP contribution in [0.15, 0.2) is 82.7 Å². The van der Waals surface area contributed by atoms with E-state index in [2.05, 4.69) is 15.7 Å². The number of amides is 2. The minimum absolute atomic E-state index is 0.0639. The third-order valence-corrected chi connectivity index (χ3v) is 5.61. The SMILES string of the molecule is CC(NC(=O)c1cn(C(C)C)cc(C(=O)NCc2ccc(-n3cccn3)cc2)c1=O)c1ccco1. The van der Waals surface area contributed by atoms with Crippen LogP contribution < -0.4 is 16.1 Å². The first-order valence-corrected chi connectivity index (χ1v) is 11.3. The lowest BCUT2D eigenvalue weighted by Gasteiger charge is -2.16. The molecule has 2 N–H and O–H groups in total. The van der Waals surface area contributed by atoms with Gasteiger partial charge < -0.3 is 19.6 Å². The second kappa shape index (κ2) is 10.3. The third-order valence-electron chi connectivity index (χ3n) is 5.61. The Kier molecular flexibility index (Phi) is 6.96. The fourth-order valence-electron chi connectivity index (χ4n) is 3.57. The van der Waals surface area contributed by atoms with Crippen molar-refractivity contribution in [3.63, 3.8) is 0 Å². The molecule has 0 fully saturated rings. The fourth-order valence-corrected chi connectivity index (χ4v) is 3.57. The topological polar surface area (TPSA) is 111 Å². The molecule has 4 aromatic rings. The Balaban J connectivity index is 1.52. The molecule has 180 valence electrons. The molecule has 3 aromatic heterocycles. The monoisotopic (exact) mass is 473 g/mol. The Bertz CT molecular complexity index is 1350. The number of nitrogens with zero attached hydrogens (tertiary/aromatic N) is 3. The molecule has 9 nitrogen and oxygen atoms in total. The van der Waals surface area contributed by atoms with Crippen molar-refractivity contribution in [3.8, 4) is 5.69 Å². The highest BCUT2D eigenvalue weighted by Crippen LogP contribution is 2.14. The van der Waals surface area contributed by atoms with Gasteiger partial charge in [-0.3, -0.25) is 14.4 Å². The highest BCUT2D eigenvalue weighted by molar-refractivity contribution is 5.99. The molecule has 0 saturated heterocycles. The molecular formula is C26H27N5O4. The number of furan rings is 1. The van der Waals surface area contributed by atoms with Gasteiger partial charge in [0.1, 0.15) is 16.9 Å². The minimum Gasteiger partial charge on any atom is -0.467 e. The number of hydrogen-bond acceptors (Lipinski definition) is 5. The Morgan fingerprint density at radius 1 is 1.00 bits per heavy atom. The number of hydrogen-bond donors (Lipinski definition) is 2. The molecule has 0 aliphatic heterocycles. The van der Waals surface area contributed by atoms with Gasteiger partial charge in [0.25, 0.3) is 11.8 Å². The van der Waals surface area contributed by atoms with Gasteiger partial charge in [-0.1, -0.05) is 12.1 Å². The minimum atomic E-state index is -0.627. The van der Waals surface area contributed by atoms with E-state index in [1.165, 1.54) is 18.7 Å². The van der Waals surface area contributed by atoms with Gasteiger partial charge in [-0.05, 0) is 56.7 Å². The van der Waals surface area contributed by atoms with Gasteiger partial charge in [-0.15, -0.1) is 0 Å². The second-order valence-corrected chi connectivity index (χ2v) is 8.47. The van der Waals surface area contributed by atoms with E-state index in [-0.39, 0.29) is 23.7 Å². The van der Waals surface area contributed by atoms with Crippen LogP contribution in [0.1, 0.15) is 64.9 Å². The van der Waals surface area contributed by atoms with Crippen molar-refractivity contribution >= 4 is 11.8 Å². The zero-order valence-corrected chi connectivity index (χ0v) is 19.8. The summed E-state index contributed by atoms with van der Waals surface area (Å²) in [6.07, 6.45) is 8.01. The first-order valence-electron chi connectivity index (χ1n) is 11.3. The van der Waals surface area contributed by atoms with Gasteiger partial charge in [0.15, 0.2) is 0 Å². The molecular weight excluding hydrogens is 446 g/mol. The van der Waals surface area contributed by atoms with Gasteiger partial charge in [0, 0.05) is 37.4 Å². The highest BCUT2D eigenvalue weighted by atomic mass is 16.3. The van der Waals surface area contributed by atoms with Gasteiger partial charge in [0.2, 0.25) is 5.43 Å². The maximum atomic E-state index is 13.1. The standard InChI is InChI=1S/C26H27N5O4/c1-17(2)30-15-21(24(32)22(16-30)26(34)29-18(3)23-6-4-13-35-23)25(33)27-14-19-7-9-20(10-8-19)31-12-5-11-28-31/h4-13,15-18H,14H2,1-3H3,(H,27,33)(H,29,34). The number of benzene rings is 1. The third kappa shape index (κ3) is 5.40. The molecule has 0 spiro atoms. The van der Waals surface area contributed by atoms with Crippen LogP contribution in [-0.2, 0) is 6.54 Å². The molecule has 0 aliphatic carbocycles. The number of nitrogens with one attached hydrogen (secondary N) is 2. The van der Waals surface area contributed by atoms with Crippen LogP contribution >= 0.6 is 0 Å². The molecule has 2 amide bonds. The summed E-state index contributed by atoms with van der Waals surface area (Å²) in [5, 5.41) is 9.73. The van der Waals surface area contributed by atoms with E-state index in [9.17, 15) is 14.4 Å². The van der Waals surface area contributed by atoms with Crippen molar-refractivity contribution in [2.24, 2.45) is 0 Å². The van der Waals surface area contributed by atoms with Crippen molar-refractivity contribution in [2.75, 3.05) is 0 Å². The molecule has 0 bridgehead atoms. The lowest BCUT2D eigenvalue weighted by Crippen LogP contribution is -2.36. The Labute approximate surface area is 202 Å². The van der Waals surface area contributed by atoms with Gasteiger partial charge in [-0.2, -0.15) is 5.10 Å². The largest absolute Gasteiger partial charge is 0.467 e. The van der Waals surface area contributed by atoms with Gasteiger partial charge >= 0.3 is 0 Å². The van der Waals surface area contributed by atoms with Crippen molar-refractivity contribution < 1.29 is 14.0 Å². The first kappa shape index (κ1) is 23.7. The quantitative estimate of drug-likeness (QED) is 0.406. The molecule has 1 atom stereocenters. The van der Waals surface area contributed by atoms with Crippen molar-refractivity contribution in [1.82, 2.24) is 25.0 Å². The van der Waals surface area contributed by atoms with Crippen LogP contribution in [0.3, 0.4) is 0 Å². The van der Waals surface area contributed by atoms with E-state index < -0.39 is 23.3 Å². The molecule has 0 aliphatic rings.